The van der Waals surface area contributed by atoms with Crippen LogP contribution in [-0.2, 0) is 9.53 Å². The molecule has 2 aromatic carbocycles. The summed E-state index contributed by atoms with van der Waals surface area (Å²) in [4.78, 5) is 10.4. The molecule has 0 aliphatic heterocycles. The smallest absolute Gasteiger partial charge is 0.226 e. The molecule has 4 heteroatoms. The van der Waals surface area contributed by atoms with E-state index in [-0.39, 0.29) is 12.7 Å². The van der Waals surface area contributed by atoms with E-state index in [1.807, 2.05) is 24.3 Å². The summed E-state index contributed by atoms with van der Waals surface area (Å²) in [6, 6.07) is 14.6. The van der Waals surface area contributed by atoms with Gasteiger partial charge in [-0.15, -0.1) is 0 Å². The molecule has 0 N–H and O–H groups in total. The molecule has 19 heavy (non-hydrogen) atoms. The van der Waals surface area contributed by atoms with Crippen molar-refractivity contribution in [2.24, 2.45) is 0 Å². The molecule has 0 unspecified atom stereocenters. The Labute approximate surface area is 121 Å². The van der Waals surface area contributed by atoms with Gasteiger partial charge in [-0.1, -0.05) is 47.5 Å². The van der Waals surface area contributed by atoms with Crippen molar-refractivity contribution >= 4 is 29.5 Å². The third-order valence-electron chi connectivity index (χ3n) is 2.65. The van der Waals surface area contributed by atoms with Crippen LogP contribution in [0.15, 0.2) is 48.5 Å². The molecule has 0 aliphatic rings. The second-order valence-corrected chi connectivity index (χ2v) is 4.81. The van der Waals surface area contributed by atoms with E-state index in [9.17, 15) is 4.79 Å². The van der Waals surface area contributed by atoms with Gasteiger partial charge in [-0.25, -0.2) is 0 Å². The van der Waals surface area contributed by atoms with E-state index in [0.717, 1.165) is 11.1 Å². The molecule has 97 valence electrons. The molecular weight excluding hydrogens is 283 g/mol. The molecule has 2 rings (SSSR count). The van der Waals surface area contributed by atoms with Crippen LogP contribution in [0.4, 0.5) is 0 Å². The molecule has 0 spiro atoms. The Kier molecular flexibility index (Phi) is 4.97. The second-order valence-electron chi connectivity index (χ2n) is 3.94. The standard InChI is InChI=1S/C15H11Cl2O2/c16-13-5-1-11(2-6-13)15(19-10-9-18)12-3-7-14(17)8-4-12/h1-8,15H,10H2. The van der Waals surface area contributed by atoms with Crippen molar-refractivity contribution in [1.82, 2.24) is 0 Å². The maximum absolute atomic E-state index is 10.4. The Morgan fingerprint density at radius 3 is 1.68 bits per heavy atom. The van der Waals surface area contributed by atoms with Crippen molar-refractivity contribution in [3.05, 3.63) is 69.7 Å². The number of benzene rings is 2. The Morgan fingerprint density at radius 1 is 0.895 bits per heavy atom. The molecule has 0 bridgehead atoms. The van der Waals surface area contributed by atoms with Gasteiger partial charge in [0.15, 0.2) is 0 Å². The molecule has 2 nitrogen and oxygen atoms in total. The zero-order chi connectivity index (χ0) is 13.7. The lowest BCUT2D eigenvalue weighted by Gasteiger charge is -2.17. The van der Waals surface area contributed by atoms with E-state index >= 15 is 0 Å². The first-order valence-electron chi connectivity index (χ1n) is 5.68. The van der Waals surface area contributed by atoms with Gasteiger partial charge >= 0.3 is 0 Å². The summed E-state index contributed by atoms with van der Waals surface area (Å²) in [6.45, 7) is -0.0874. The Balaban J connectivity index is 2.31. The summed E-state index contributed by atoms with van der Waals surface area (Å²) >= 11 is 11.7. The van der Waals surface area contributed by atoms with Crippen molar-refractivity contribution < 1.29 is 9.53 Å². The number of ether oxygens (including phenoxy) is 1. The summed E-state index contributed by atoms with van der Waals surface area (Å²) < 4.78 is 5.53. The lowest BCUT2D eigenvalue weighted by atomic mass is 10.0. The monoisotopic (exact) mass is 293 g/mol. The summed E-state index contributed by atoms with van der Waals surface area (Å²) in [5, 5.41) is 1.31. The van der Waals surface area contributed by atoms with Crippen molar-refractivity contribution in [1.29, 1.82) is 0 Å². The van der Waals surface area contributed by atoms with Crippen LogP contribution in [0.2, 0.25) is 10.0 Å². The zero-order valence-electron chi connectivity index (χ0n) is 9.98. The number of carbonyl (C=O) groups excluding carboxylic acids is 1. The Morgan fingerprint density at radius 2 is 1.32 bits per heavy atom. The molecule has 0 fully saturated rings. The lowest BCUT2D eigenvalue weighted by molar-refractivity contribution is 0.111. The number of hydrogen-bond acceptors (Lipinski definition) is 2. The summed E-state index contributed by atoms with van der Waals surface area (Å²) in [5.74, 6) is 0. The molecule has 2 aromatic rings. The van der Waals surface area contributed by atoms with E-state index in [2.05, 4.69) is 0 Å². The molecule has 0 saturated heterocycles. The zero-order valence-corrected chi connectivity index (χ0v) is 11.5. The number of rotatable bonds is 5. The van der Waals surface area contributed by atoms with E-state index in [1.165, 1.54) is 0 Å². The van der Waals surface area contributed by atoms with Gasteiger partial charge in [-0.2, -0.15) is 0 Å². The van der Waals surface area contributed by atoms with Crippen LogP contribution in [0.3, 0.4) is 0 Å². The van der Waals surface area contributed by atoms with Crippen molar-refractivity contribution in [2.75, 3.05) is 6.61 Å². The predicted molar refractivity (Wildman–Crippen MR) is 76.4 cm³/mol. The van der Waals surface area contributed by atoms with Crippen LogP contribution in [0.25, 0.3) is 0 Å². The SMILES string of the molecule is O=[C]COC(c1ccc(Cl)cc1)c1ccc(Cl)cc1. The number of hydrogen-bond donors (Lipinski definition) is 0. The molecule has 0 aliphatic carbocycles. The fraction of sp³-hybridized carbons (Fsp3) is 0.133. The minimum absolute atomic E-state index is 0.0874. The van der Waals surface area contributed by atoms with Gasteiger partial charge < -0.3 is 4.74 Å². The van der Waals surface area contributed by atoms with Gasteiger partial charge in [-0.05, 0) is 35.4 Å². The highest BCUT2D eigenvalue weighted by atomic mass is 35.5. The highest BCUT2D eigenvalue weighted by Gasteiger charge is 2.14. The van der Waals surface area contributed by atoms with Gasteiger partial charge in [-0.3, -0.25) is 4.79 Å². The molecule has 0 heterocycles. The Bertz CT molecular complexity index is 490. The average molecular weight is 294 g/mol. The predicted octanol–water partition coefficient (Wildman–Crippen LogP) is 4.21. The first-order valence-corrected chi connectivity index (χ1v) is 6.44. The van der Waals surface area contributed by atoms with Crippen LogP contribution >= 0.6 is 23.2 Å². The van der Waals surface area contributed by atoms with Crippen molar-refractivity contribution in [3.8, 4) is 0 Å². The second kappa shape index (κ2) is 6.71. The van der Waals surface area contributed by atoms with Crippen molar-refractivity contribution in [2.45, 2.75) is 6.10 Å². The quantitative estimate of drug-likeness (QED) is 0.825. The average Bonchev–Trinajstić information content (AvgIpc) is 2.43. The molecule has 0 saturated carbocycles. The molecule has 0 atom stereocenters. The van der Waals surface area contributed by atoms with E-state index in [4.69, 9.17) is 27.9 Å². The minimum Gasteiger partial charge on any atom is -0.361 e. The van der Waals surface area contributed by atoms with Crippen LogP contribution in [0.5, 0.6) is 0 Å². The summed E-state index contributed by atoms with van der Waals surface area (Å²) in [7, 11) is 0. The topological polar surface area (TPSA) is 26.3 Å². The largest absolute Gasteiger partial charge is 0.361 e. The van der Waals surface area contributed by atoms with Crippen LogP contribution in [0, 0.1) is 0 Å². The van der Waals surface area contributed by atoms with Gasteiger partial charge in [0.1, 0.15) is 12.7 Å². The summed E-state index contributed by atoms with van der Waals surface area (Å²) in [5.41, 5.74) is 1.84. The van der Waals surface area contributed by atoms with Gasteiger partial charge in [0.05, 0.1) is 0 Å². The fourth-order valence-corrected chi connectivity index (χ4v) is 2.03. The first-order chi connectivity index (χ1) is 9.20. The number of halogens is 2. The third kappa shape index (κ3) is 3.80. The maximum atomic E-state index is 10.4. The van der Waals surface area contributed by atoms with E-state index in [1.54, 1.807) is 30.6 Å². The highest BCUT2D eigenvalue weighted by Crippen LogP contribution is 2.27. The third-order valence-corrected chi connectivity index (χ3v) is 3.16. The van der Waals surface area contributed by atoms with Crippen LogP contribution in [0.1, 0.15) is 17.2 Å². The van der Waals surface area contributed by atoms with Gasteiger partial charge in [0, 0.05) is 10.0 Å². The fourth-order valence-electron chi connectivity index (χ4n) is 1.78. The molecule has 0 amide bonds. The van der Waals surface area contributed by atoms with E-state index < -0.39 is 0 Å². The van der Waals surface area contributed by atoms with Crippen LogP contribution < -0.4 is 0 Å². The van der Waals surface area contributed by atoms with Crippen molar-refractivity contribution in [3.63, 3.8) is 0 Å². The molecule has 1 radical (unpaired) electrons. The van der Waals surface area contributed by atoms with Gasteiger partial charge in [0.25, 0.3) is 0 Å². The molecular formula is C15H11Cl2O2. The summed E-state index contributed by atoms with van der Waals surface area (Å²) in [6.07, 6.45) is 1.40. The lowest BCUT2D eigenvalue weighted by Crippen LogP contribution is -2.08. The van der Waals surface area contributed by atoms with E-state index in [0.29, 0.717) is 10.0 Å². The highest BCUT2D eigenvalue weighted by molar-refractivity contribution is 6.30. The normalized spacial score (nSPS) is 10.7. The molecule has 0 aromatic heterocycles. The minimum atomic E-state index is -0.337. The first kappa shape index (κ1) is 14.1. The maximum Gasteiger partial charge on any atom is 0.226 e. The Hall–Kier alpha value is -1.35. The van der Waals surface area contributed by atoms with Crippen LogP contribution in [-0.4, -0.2) is 12.9 Å². The van der Waals surface area contributed by atoms with Gasteiger partial charge in [0.2, 0.25) is 6.29 Å².